The molecule has 0 atom stereocenters. The summed E-state index contributed by atoms with van der Waals surface area (Å²) in [7, 11) is 1.91. The monoisotopic (exact) mass is 334 g/mol. The van der Waals surface area contributed by atoms with Crippen LogP contribution >= 0.6 is 0 Å². The highest BCUT2D eigenvalue weighted by atomic mass is 19.1. The molecule has 5 nitrogen and oxygen atoms in total. The summed E-state index contributed by atoms with van der Waals surface area (Å²) in [6, 6.07) is 15.1. The largest absolute Gasteiger partial charge is 0.355 e. The van der Waals surface area contributed by atoms with Crippen LogP contribution in [0.2, 0.25) is 0 Å². The molecule has 0 aliphatic heterocycles. The molecule has 0 saturated heterocycles. The van der Waals surface area contributed by atoms with Gasteiger partial charge in [0.2, 0.25) is 5.95 Å². The van der Waals surface area contributed by atoms with E-state index < -0.39 is 5.82 Å². The van der Waals surface area contributed by atoms with Crippen LogP contribution in [0.5, 0.6) is 0 Å². The molecule has 6 heteroatoms. The molecule has 0 spiro atoms. The Balaban J connectivity index is 1.99. The van der Waals surface area contributed by atoms with E-state index in [1.807, 2.05) is 60.4 Å². The number of aryl methyl sites for hydroxylation is 1. The van der Waals surface area contributed by atoms with Crippen LogP contribution in [0.3, 0.4) is 0 Å². The number of anilines is 2. The predicted molar refractivity (Wildman–Crippen MR) is 96.0 cm³/mol. The first-order chi connectivity index (χ1) is 12.1. The van der Waals surface area contributed by atoms with E-state index in [2.05, 4.69) is 10.3 Å². The Hall–Kier alpha value is -3.41. The molecule has 0 saturated carbocycles. The third-order valence-corrected chi connectivity index (χ3v) is 3.93. The number of hydrogen-bond donors (Lipinski definition) is 1. The van der Waals surface area contributed by atoms with Crippen molar-refractivity contribution in [2.24, 2.45) is 7.05 Å². The van der Waals surface area contributed by atoms with Crippen LogP contribution in [-0.4, -0.2) is 14.1 Å². The summed E-state index contributed by atoms with van der Waals surface area (Å²) >= 11 is 0. The van der Waals surface area contributed by atoms with Gasteiger partial charge >= 0.3 is 0 Å². The molecule has 0 fully saturated rings. The zero-order chi connectivity index (χ0) is 17.4. The van der Waals surface area contributed by atoms with Crippen molar-refractivity contribution in [1.82, 2.24) is 14.1 Å². The highest BCUT2D eigenvalue weighted by Crippen LogP contribution is 2.20. The lowest BCUT2D eigenvalue weighted by molar-refractivity contribution is 0.629. The van der Waals surface area contributed by atoms with Crippen LogP contribution < -0.4 is 10.9 Å². The zero-order valence-electron chi connectivity index (χ0n) is 13.5. The van der Waals surface area contributed by atoms with E-state index >= 15 is 0 Å². The molecule has 0 bridgehead atoms. The molecule has 0 aliphatic carbocycles. The van der Waals surface area contributed by atoms with Gasteiger partial charge in [-0.25, -0.2) is 13.9 Å². The Morgan fingerprint density at radius 1 is 1.08 bits per heavy atom. The fourth-order valence-corrected chi connectivity index (χ4v) is 2.76. The molecule has 0 aliphatic rings. The van der Waals surface area contributed by atoms with Crippen LogP contribution in [-0.2, 0) is 7.05 Å². The van der Waals surface area contributed by atoms with Gasteiger partial charge in [0.15, 0.2) is 0 Å². The number of rotatable bonds is 3. The molecule has 124 valence electrons. The third kappa shape index (κ3) is 2.78. The van der Waals surface area contributed by atoms with Crippen molar-refractivity contribution in [3.63, 3.8) is 0 Å². The lowest BCUT2D eigenvalue weighted by Gasteiger charge is -2.14. The van der Waals surface area contributed by atoms with Crippen molar-refractivity contribution in [1.29, 1.82) is 0 Å². The molecule has 1 N–H and O–H groups in total. The quantitative estimate of drug-likeness (QED) is 0.623. The summed E-state index contributed by atoms with van der Waals surface area (Å²) in [5, 5.41) is 3.42. The Morgan fingerprint density at radius 2 is 1.88 bits per heavy atom. The molecule has 4 aromatic rings. The van der Waals surface area contributed by atoms with Gasteiger partial charge in [0.05, 0.1) is 22.3 Å². The Morgan fingerprint density at radius 3 is 2.60 bits per heavy atom. The van der Waals surface area contributed by atoms with Crippen LogP contribution in [0.4, 0.5) is 16.0 Å². The van der Waals surface area contributed by atoms with E-state index in [1.54, 1.807) is 0 Å². The summed E-state index contributed by atoms with van der Waals surface area (Å²) in [5.41, 5.74) is 1.58. The van der Waals surface area contributed by atoms with Crippen molar-refractivity contribution in [3.05, 3.63) is 83.2 Å². The van der Waals surface area contributed by atoms with E-state index in [0.717, 1.165) is 5.69 Å². The third-order valence-electron chi connectivity index (χ3n) is 3.93. The fraction of sp³-hybridized carbons (Fsp3) is 0.0526. The summed E-state index contributed by atoms with van der Waals surface area (Å²) in [5.74, 6) is -0.0868. The second kappa shape index (κ2) is 5.90. The first-order valence-corrected chi connectivity index (χ1v) is 7.78. The van der Waals surface area contributed by atoms with Gasteiger partial charge in [-0.1, -0.05) is 18.2 Å². The zero-order valence-corrected chi connectivity index (χ0v) is 13.5. The highest BCUT2D eigenvalue weighted by molar-refractivity contribution is 5.80. The van der Waals surface area contributed by atoms with Crippen LogP contribution in [0.1, 0.15) is 0 Å². The van der Waals surface area contributed by atoms with Crippen molar-refractivity contribution >= 4 is 22.5 Å². The van der Waals surface area contributed by atoms with E-state index in [-0.39, 0.29) is 10.9 Å². The van der Waals surface area contributed by atoms with Crippen molar-refractivity contribution < 1.29 is 4.39 Å². The number of hydrogen-bond acceptors (Lipinski definition) is 3. The summed E-state index contributed by atoms with van der Waals surface area (Å²) < 4.78 is 17.0. The number of halogens is 1. The van der Waals surface area contributed by atoms with Crippen molar-refractivity contribution in [3.8, 4) is 5.69 Å². The van der Waals surface area contributed by atoms with Gasteiger partial charge in [-0.15, -0.1) is 0 Å². The van der Waals surface area contributed by atoms with Gasteiger partial charge < -0.3 is 9.88 Å². The number of nitrogens with one attached hydrogen (secondary N) is 1. The Kier molecular flexibility index (Phi) is 3.57. The SMILES string of the molecule is Cn1ccc(Nc2nc3ccc(F)cc3c(=O)n2-c2ccccc2)c1. The minimum Gasteiger partial charge on any atom is -0.355 e. The van der Waals surface area contributed by atoms with Gasteiger partial charge in [-0.3, -0.25) is 4.79 Å². The lowest BCUT2D eigenvalue weighted by atomic mass is 10.2. The first kappa shape index (κ1) is 15.1. The van der Waals surface area contributed by atoms with E-state index in [4.69, 9.17) is 0 Å². The van der Waals surface area contributed by atoms with Crippen LogP contribution in [0.15, 0.2) is 71.8 Å². The number of aromatic nitrogens is 3. The number of fused-ring (bicyclic) bond motifs is 1. The molecule has 4 rings (SSSR count). The van der Waals surface area contributed by atoms with Gasteiger partial charge in [0, 0.05) is 19.4 Å². The molecule has 0 unspecified atom stereocenters. The fourth-order valence-electron chi connectivity index (χ4n) is 2.76. The summed E-state index contributed by atoms with van der Waals surface area (Å²) in [6.45, 7) is 0. The van der Waals surface area contributed by atoms with Crippen LogP contribution in [0.25, 0.3) is 16.6 Å². The predicted octanol–water partition coefficient (Wildman–Crippen LogP) is 3.61. The maximum absolute atomic E-state index is 13.6. The van der Waals surface area contributed by atoms with Gasteiger partial charge in [-0.05, 0) is 36.4 Å². The van der Waals surface area contributed by atoms with Gasteiger partial charge in [-0.2, -0.15) is 0 Å². The summed E-state index contributed by atoms with van der Waals surface area (Å²) in [4.78, 5) is 17.5. The lowest BCUT2D eigenvalue weighted by Crippen LogP contribution is -2.22. The molecule has 2 aromatic heterocycles. The minimum atomic E-state index is -0.463. The maximum atomic E-state index is 13.6. The van der Waals surface area contributed by atoms with Crippen molar-refractivity contribution in [2.45, 2.75) is 0 Å². The maximum Gasteiger partial charge on any atom is 0.267 e. The first-order valence-electron chi connectivity index (χ1n) is 7.78. The topological polar surface area (TPSA) is 51.9 Å². The molecular weight excluding hydrogens is 319 g/mol. The van der Waals surface area contributed by atoms with E-state index in [1.165, 1.54) is 22.8 Å². The molecule has 0 radical (unpaired) electrons. The molecule has 2 heterocycles. The molecule has 2 aromatic carbocycles. The number of para-hydroxylation sites is 1. The smallest absolute Gasteiger partial charge is 0.267 e. The number of nitrogens with zero attached hydrogens (tertiary/aromatic N) is 3. The van der Waals surface area contributed by atoms with Gasteiger partial charge in [0.25, 0.3) is 5.56 Å². The standard InChI is InChI=1S/C19H15FN4O/c1-23-10-9-14(12-23)21-19-22-17-8-7-13(20)11-16(17)18(25)24(19)15-5-3-2-4-6-15/h2-12H,1H3,(H,21,22). The molecule has 0 amide bonds. The molecule has 25 heavy (non-hydrogen) atoms. The number of benzene rings is 2. The van der Waals surface area contributed by atoms with E-state index in [9.17, 15) is 9.18 Å². The Bertz CT molecular complexity index is 1120. The van der Waals surface area contributed by atoms with Gasteiger partial charge in [0.1, 0.15) is 5.82 Å². The normalized spacial score (nSPS) is 11.0. The van der Waals surface area contributed by atoms with Crippen molar-refractivity contribution in [2.75, 3.05) is 5.32 Å². The second-order valence-electron chi connectivity index (χ2n) is 5.76. The minimum absolute atomic E-state index is 0.238. The van der Waals surface area contributed by atoms with Crippen LogP contribution in [0, 0.1) is 5.82 Å². The molecular formula is C19H15FN4O. The second-order valence-corrected chi connectivity index (χ2v) is 5.76. The van der Waals surface area contributed by atoms with E-state index in [0.29, 0.717) is 17.2 Å². The highest BCUT2D eigenvalue weighted by Gasteiger charge is 2.14. The Labute approximate surface area is 143 Å². The average Bonchev–Trinajstić information content (AvgIpc) is 3.01. The average molecular weight is 334 g/mol. The summed E-state index contributed by atoms with van der Waals surface area (Å²) in [6.07, 6.45) is 3.78.